The summed E-state index contributed by atoms with van der Waals surface area (Å²) in [5.41, 5.74) is 1.14. The molecule has 0 aromatic carbocycles. The molecule has 82 valence electrons. The van der Waals surface area contributed by atoms with Crippen LogP contribution < -0.4 is 0 Å². The fourth-order valence-corrected chi connectivity index (χ4v) is 3.62. The van der Waals surface area contributed by atoms with Crippen molar-refractivity contribution in [1.29, 1.82) is 0 Å². The van der Waals surface area contributed by atoms with Gasteiger partial charge in [0.15, 0.2) is 5.78 Å². The zero-order valence-corrected chi connectivity index (χ0v) is 10.3. The molecule has 1 aromatic heterocycles. The van der Waals surface area contributed by atoms with Crippen molar-refractivity contribution in [3.63, 3.8) is 0 Å². The van der Waals surface area contributed by atoms with E-state index in [0.29, 0.717) is 5.78 Å². The minimum absolute atomic E-state index is 0.0182. The van der Waals surface area contributed by atoms with E-state index in [0.717, 1.165) is 29.7 Å². The van der Waals surface area contributed by atoms with Crippen LogP contribution in [0.1, 0.15) is 54.3 Å². The molecule has 1 heterocycles. The second-order valence-electron chi connectivity index (χ2n) is 4.60. The quantitative estimate of drug-likeness (QED) is 0.700. The van der Waals surface area contributed by atoms with Crippen molar-refractivity contribution in [1.82, 2.24) is 0 Å². The van der Waals surface area contributed by atoms with Crippen molar-refractivity contribution >= 4 is 17.1 Å². The maximum atomic E-state index is 12.5. The summed E-state index contributed by atoms with van der Waals surface area (Å²) in [4.78, 5) is 13.5. The van der Waals surface area contributed by atoms with Gasteiger partial charge in [-0.3, -0.25) is 4.79 Å². The van der Waals surface area contributed by atoms with Crippen molar-refractivity contribution in [3.05, 3.63) is 21.9 Å². The first-order valence-corrected chi connectivity index (χ1v) is 6.66. The van der Waals surface area contributed by atoms with Crippen molar-refractivity contribution in [2.45, 2.75) is 46.0 Å². The van der Waals surface area contributed by atoms with E-state index in [-0.39, 0.29) is 5.41 Å². The van der Waals surface area contributed by atoms with Gasteiger partial charge in [0.1, 0.15) is 0 Å². The zero-order chi connectivity index (χ0) is 10.9. The molecule has 2 rings (SSSR count). The Morgan fingerprint density at radius 1 is 1.47 bits per heavy atom. The van der Waals surface area contributed by atoms with E-state index in [2.05, 4.69) is 13.0 Å². The summed E-state index contributed by atoms with van der Waals surface area (Å²) in [5, 5.41) is 2.03. The molecule has 0 amide bonds. The van der Waals surface area contributed by atoms with Gasteiger partial charge in [0.25, 0.3) is 0 Å². The molecule has 1 nitrogen and oxygen atoms in total. The van der Waals surface area contributed by atoms with E-state index in [1.165, 1.54) is 12.8 Å². The maximum absolute atomic E-state index is 12.5. The summed E-state index contributed by atoms with van der Waals surface area (Å²) < 4.78 is 0. The minimum atomic E-state index is -0.0182. The first kappa shape index (κ1) is 10.9. The largest absolute Gasteiger partial charge is 0.293 e. The Balaban J connectivity index is 2.30. The summed E-state index contributed by atoms with van der Waals surface area (Å²) in [5.74, 6) is 0.412. The third-order valence-electron chi connectivity index (χ3n) is 3.79. The Morgan fingerprint density at radius 2 is 2.13 bits per heavy atom. The average molecular weight is 222 g/mol. The number of hydrogen-bond acceptors (Lipinski definition) is 2. The third kappa shape index (κ3) is 1.76. The number of carbonyl (C=O) groups excluding carboxylic acids is 1. The average Bonchev–Trinajstić information content (AvgIpc) is 2.86. The molecule has 0 unspecified atom stereocenters. The van der Waals surface area contributed by atoms with Crippen LogP contribution in [0.4, 0.5) is 0 Å². The van der Waals surface area contributed by atoms with Crippen LogP contribution in [0.3, 0.4) is 0 Å². The summed E-state index contributed by atoms with van der Waals surface area (Å²) >= 11 is 1.61. The topological polar surface area (TPSA) is 17.1 Å². The van der Waals surface area contributed by atoms with Gasteiger partial charge in [-0.1, -0.05) is 19.8 Å². The molecule has 1 aliphatic rings. The Labute approximate surface area is 95.5 Å². The molecule has 1 fully saturated rings. The van der Waals surface area contributed by atoms with Crippen LogP contribution in [0.15, 0.2) is 11.4 Å². The maximum Gasteiger partial charge on any atom is 0.179 e. The summed E-state index contributed by atoms with van der Waals surface area (Å²) in [6.07, 6.45) is 5.65. The predicted octanol–water partition coefficient (Wildman–Crippen LogP) is 4.21. The van der Waals surface area contributed by atoms with Gasteiger partial charge < -0.3 is 0 Å². The van der Waals surface area contributed by atoms with Crippen molar-refractivity contribution in [3.8, 4) is 0 Å². The molecular weight excluding hydrogens is 204 g/mol. The monoisotopic (exact) mass is 222 g/mol. The summed E-state index contributed by atoms with van der Waals surface area (Å²) in [7, 11) is 0. The zero-order valence-electron chi connectivity index (χ0n) is 9.51. The smallest absolute Gasteiger partial charge is 0.179 e. The van der Waals surface area contributed by atoms with Gasteiger partial charge in [-0.2, -0.15) is 0 Å². The normalized spacial score (nSPS) is 19.3. The molecule has 15 heavy (non-hydrogen) atoms. The number of Topliss-reactive ketones (excluding diaryl/α,β-unsaturated/α-hetero) is 1. The summed E-state index contributed by atoms with van der Waals surface area (Å²) in [6.45, 7) is 4.20. The number of ketones is 1. The third-order valence-corrected chi connectivity index (χ3v) is 4.80. The molecule has 0 spiro atoms. The molecule has 0 radical (unpaired) electrons. The minimum Gasteiger partial charge on any atom is -0.293 e. The fraction of sp³-hybridized carbons (Fsp3) is 0.615. The lowest BCUT2D eigenvalue weighted by Gasteiger charge is -2.25. The highest BCUT2D eigenvalue weighted by molar-refractivity contribution is 7.12. The number of thiophene rings is 1. The van der Waals surface area contributed by atoms with Gasteiger partial charge in [-0.05, 0) is 43.2 Å². The standard InChI is InChI=1S/C13H18OS/c1-3-13(7-4-5-8-13)12(14)11-10(2)6-9-15-11/h6,9H,3-5,7-8H2,1-2H3. The molecule has 1 saturated carbocycles. The van der Waals surface area contributed by atoms with Crippen LogP contribution in [0.2, 0.25) is 0 Å². The fourth-order valence-electron chi connectivity index (χ4n) is 2.64. The Kier molecular flexibility index (Phi) is 2.96. The number of aryl methyl sites for hydroxylation is 1. The molecule has 0 atom stereocenters. The summed E-state index contributed by atoms with van der Waals surface area (Å²) in [6, 6.07) is 2.05. The van der Waals surface area contributed by atoms with Gasteiger partial charge in [-0.15, -0.1) is 11.3 Å². The number of rotatable bonds is 3. The molecule has 0 bridgehead atoms. The Morgan fingerprint density at radius 3 is 2.60 bits per heavy atom. The molecule has 1 aliphatic carbocycles. The van der Waals surface area contributed by atoms with E-state index < -0.39 is 0 Å². The van der Waals surface area contributed by atoms with Gasteiger partial charge in [0.05, 0.1) is 4.88 Å². The van der Waals surface area contributed by atoms with Crippen LogP contribution in [-0.4, -0.2) is 5.78 Å². The van der Waals surface area contributed by atoms with Gasteiger partial charge in [0, 0.05) is 5.41 Å². The first-order chi connectivity index (χ1) is 7.19. The van der Waals surface area contributed by atoms with Gasteiger partial charge in [0.2, 0.25) is 0 Å². The molecule has 1 aromatic rings. The Hall–Kier alpha value is -0.630. The SMILES string of the molecule is CCC1(C(=O)c2sccc2C)CCCC1. The van der Waals surface area contributed by atoms with Crippen LogP contribution >= 0.6 is 11.3 Å². The van der Waals surface area contributed by atoms with Gasteiger partial charge in [-0.25, -0.2) is 0 Å². The predicted molar refractivity (Wildman–Crippen MR) is 64.6 cm³/mol. The second-order valence-corrected chi connectivity index (χ2v) is 5.52. The van der Waals surface area contributed by atoms with Crippen LogP contribution in [0.5, 0.6) is 0 Å². The van der Waals surface area contributed by atoms with Crippen molar-refractivity contribution in [2.75, 3.05) is 0 Å². The van der Waals surface area contributed by atoms with Crippen LogP contribution in [0.25, 0.3) is 0 Å². The van der Waals surface area contributed by atoms with E-state index in [4.69, 9.17) is 0 Å². The highest BCUT2D eigenvalue weighted by atomic mass is 32.1. The number of carbonyl (C=O) groups is 1. The second kappa shape index (κ2) is 4.09. The molecule has 0 N–H and O–H groups in total. The number of hydrogen-bond donors (Lipinski definition) is 0. The molecule has 0 aliphatic heterocycles. The Bertz CT molecular complexity index is 358. The van der Waals surface area contributed by atoms with E-state index in [1.807, 2.05) is 12.3 Å². The van der Waals surface area contributed by atoms with Crippen LogP contribution in [0, 0.1) is 12.3 Å². The van der Waals surface area contributed by atoms with Crippen molar-refractivity contribution < 1.29 is 4.79 Å². The first-order valence-electron chi connectivity index (χ1n) is 5.78. The van der Waals surface area contributed by atoms with E-state index >= 15 is 0 Å². The van der Waals surface area contributed by atoms with E-state index in [9.17, 15) is 4.79 Å². The lowest BCUT2D eigenvalue weighted by Crippen LogP contribution is -2.27. The highest BCUT2D eigenvalue weighted by Gasteiger charge is 2.40. The highest BCUT2D eigenvalue weighted by Crippen LogP contribution is 2.44. The van der Waals surface area contributed by atoms with Crippen molar-refractivity contribution in [2.24, 2.45) is 5.41 Å². The van der Waals surface area contributed by atoms with Crippen LogP contribution in [-0.2, 0) is 0 Å². The van der Waals surface area contributed by atoms with Gasteiger partial charge >= 0.3 is 0 Å². The lowest BCUT2D eigenvalue weighted by atomic mass is 9.78. The van der Waals surface area contributed by atoms with E-state index in [1.54, 1.807) is 11.3 Å². The molecule has 0 saturated heterocycles. The lowest BCUT2D eigenvalue weighted by molar-refractivity contribution is 0.0795. The molecule has 2 heteroatoms. The molecular formula is C13H18OS.